The van der Waals surface area contributed by atoms with Gasteiger partial charge >= 0.3 is 6.09 Å². The lowest BCUT2D eigenvalue weighted by Gasteiger charge is -2.23. The van der Waals surface area contributed by atoms with Crippen molar-refractivity contribution in [3.8, 4) is 0 Å². The molecule has 1 saturated heterocycles. The molecule has 2 unspecified atom stereocenters. The third kappa shape index (κ3) is 3.87. The van der Waals surface area contributed by atoms with Crippen LogP contribution >= 0.6 is 0 Å². The molecule has 3 rings (SSSR count). The molecule has 1 aromatic heterocycles. The minimum absolute atomic E-state index is 0.112. The Bertz CT molecular complexity index is 719. The van der Waals surface area contributed by atoms with Crippen LogP contribution in [0.1, 0.15) is 33.3 Å². The van der Waals surface area contributed by atoms with Crippen LogP contribution in [0.15, 0.2) is 24.4 Å². The average molecular weight is 330 g/mol. The monoisotopic (exact) mass is 330 g/mol. The van der Waals surface area contributed by atoms with Crippen LogP contribution < -0.4 is 5.32 Å². The zero-order valence-corrected chi connectivity index (χ0v) is 14.8. The summed E-state index contributed by atoms with van der Waals surface area (Å²) in [5.41, 5.74) is 1.85. The van der Waals surface area contributed by atoms with Gasteiger partial charge in [0.15, 0.2) is 0 Å². The Balaban J connectivity index is 1.61. The molecule has 0 spiro atoms. The van der Waals surface area contributed by atoms with Crippen LogP contribution in [0.2, 0.25) is 0 Å². The number of fused-ring (bicyclic) bond motifs is 1. The Hall–Kier alpha value is -2.08. The number of carbonyl (C=O) groups excluding carboxylic acids is 1. The Morgan fingerprint density at radius 1 is 1.42 bits per heavy atom. The number of ether oxygens (including phenoxy) is 1. The number of alkyl carbamates (subject to hydrolysis) is 1. The zero-order valence-electron chi connectivity index (χ0n) is 14.8. The summed E-state index contributed by atoms with van der Waals surface area (Å²) in [6.45, 7) is 10.4. The second-order valence-electron chi connectivity index (χ2n) is 7.68. The second-order valence-corrected chi connectivity index (χ2v) is 7.68. The maximum atomic E-state index is 12.0. The quantitative estimate of drug-likeness (QED) is 0.908. The van der Waals surface area contributed by atoms with Crippen molar-refractivity contribution >= 4 is 17.0 Å². The van der Waals surface area contributed by atoms with E-state index in [4.69, 9.17) is 4.74 Å². The fourth-order valence-corrected chi connectivity index (χ4v) is 3.25. The molecule has 0 aliphatic carbocycles. The Morgan fingerprint density at radius 3 is 2.96 bits per heavy atom. The van der Waals surface area contributed by atoms with E-state index in [0.717, 1.165) is 30.5 Å². The summed E-state index contributed by atoms with van der Waals surface area (Å²) in [5.74, 6) is 0.387. The van der Waals surface area contributed by atoms with E-state index in [0.29, 0.717) is 5.92 Å². The summed E-state index contributed by atoms with van der Waals surface area (Å²) in [7, 11) is 0. The minimum Gasteiger partial charge on any atom is -0.444 e. The topological polar surface area (TPSA) is 70.2 Å². The van der Waals surface area contributed by atoms with Gasteiger partial charge in [0.25, 0.3) is 0 Å². The molecule has 1 amide bonds. The molecule has 1 fully saturated rings. The molecule has 130 valence electrons. The molecule has 6 heteroatoms. The highest BCUT2D eigenvalue weighted by Gasteiger charge is 2.32. The molecular weight excluding hydrogens is 304 g/mol. The molecule has 6 nitrogen and oxygen atoms in total. The van der Waals surface area contributed by atoms with Crippen molar-refractivity contribution in [2.75, 3.05) is 13.1 Å². The zero-order chi connectivity index (χ0) is 17.3. The molecule has 0 radical (unpaired) electrons. The molecule has 24 heavy (non-hydrogen) atoms. The number of nitrogens with one attached hydrogen (secondary N) is 2. The first kappa shape index (κ1) is 16.8. The first-order chi connectivity index (χ1) is 11.3. The maximum absolute atomic E-state index is 12.0. The van der Waals surface area contributed by atoms with Crippen LogP contribution in [-0.2, 0) is 11.3 Å². The Morgan fingerprint density at radius 2 is 2.21 bits per heavy atom. The highest BCUT2D eigenvalue weighted by Crippen LogP contribution is 2.23. The van der Waals surface area contributed by atoms with Crippen LogP contribution in [-0.4, -0.2) is 45.9 Å². The molecule has 2 heterocycles. The number of hydrogen-bond acceptors (Lipinski definition) is 4. The molecule has 2 N–H and O–H groups in total. The SMILES string of the molecule is CC1CN(Cc2cccc3cn[nH]c23)CC1NC(=O)OC(C)(C)C. The molecule has 1 aliphatic rings. The van der Waals surface area contributed by atoms with Gasteiger partial charge in [-0.1, -0.05) is 25.1 Å². The van der Waals surface area contributed by atoms with Crippen LogP contribution in [0.4, 0.5) is 4.79 Å². The average Bonchev–Trinajstić information content (AvgIpc) is 3.05. The number of H-pyrrole nitrogens is 1. The predicted molar refractivity (Wildman–Crippen MR) is 93.7 cm³/mol. The maximum Gasteiger partial charge on any atom is 0.407 e. The van der Waals surface area contributed by atoms with Gasteiger partial charge in [0.2, 0.25) is 0 Å². The van der Waals surface area contributed by atoms with Gasteiger partial charge in [-0.25, -0.2) is 4.79 Å². The van der Waals surface area contributed by atoms with Gasteiger partial charge in [-0.2, -0.15) is 5.10 Å². The second kappa shape index (κ2) is 6.43. The fraction of sp³-hybridized carbons (Fsp3) is 0.556. The minimum atomic E-state index is -0.470. The van der Waals surface area contributed by atoms with Gasteiger partial charge in [0, 0.05) is 31.1 Å². The van der Waals surface area contributed by atoms with Gasteiger partial charge in [-0.15, -0.1) is 0 Å². The van der Waals surface area contributed by atoms with Crippen LogP contribution in [0, 0.1) is 5.92 Å². The molecule has 1 aromatic carbocycles. The number of aromatic amines is 1. The van der Waals surface area contributed by atoms with Crippen LogP contribution in [0.3, 0.4) is 0 Å². The van der Waals surface area contributed by atoms with Gasteiger partial charge in [-0.05, 0) is 32.3 Å². The summed E-state index contributed by atoms with van der Waals surface area (Å²) < 4.78 is 5.37. The highest BCUT2D eigenvalue weighted by molar-refractivity contribution is 5.81. The predicted octanol–water partition coefficient (Wildman–Crippen LogP) is 2.91. The number of para-hydroxylation sites is 1. The van der Waals surface area contributed by atoms with Gasteiger partial charge in [0.1, 0.15) is 5.60 Å². The fourth-order valence-electron chi connectivity index (χ4n) is 3.25. The molecular formula is C18H26N4O2. The number of likely N-dealkylation sites (tertiary alicyclic amines) is 1. The lowest BCUT2D eigenvalue weighted by molar-refractivity contribution is 0.0497. The summed E-state index contributed by atoms with van der Waals surface area (Å²) in [5, 5.41) is 11.3. The standard InChI is InChI=1S/C18H26N4O2/c1-12-9-22(11-15(12)20-17(23)24-18(2,3)4)10-14-7-5-6-13-8-19-21-16(13)14/h5-8,12,15H,9-11H2,1-4H3,(H,19,21)(H,20,23). The van der Waals surface area contributed by atoms with Crippen LogP contribution in [0.25, 0.3) is 10.9 Å². The van der Waals surface area contributed by atoms with Crippen molar-refractivity contribution in [2.45, 2.75) is 45.9 Å². The Labute approximate surface area is 142 Å². The number of hydrogen-bond donors (Lipinski definition) is 2. The molecule has 1 aliphatic heterocycles. The molecule has 0 bridgehead atoms. The van der Waals surface area contributed by atoms with E-state index < -0.39 is 5.60 Å². The number of nitrogens with zero attached hydrogens (tertiary/aromatic N) is 2. The number of aromatic nitrogens is 2. The van der Waals surface area contributed by atoms with Crippen molar-refractivity contribution in [3.63, 3.8) is 0 Å². The van der Waals surface area contributed by atoms with E-state index in [1.807, 2.05) is 27.0 Å². The van der Waals surface area contributed by atoms with Crippen molar-refractivity contribution in [1.29, 1.82) is 0 Å². The summed E-state index contributed by atoms with van der Waals surface area (Å²) in [6.07, 6.45) is 1.51. The van der Waals surface area contributed by atoms with Crippen molar-refractivity contribution < 1.29 is 9.53 Å². The van der Waals surface area contributed by atoms with E-state index in [9.17, 15) is 4.79 Å². The smallest absolute Gasteiger partial charge is 0.407 e. The summed E-state index contributed by atoms with van der Waals surface area (Å²) in [6, 6.07) is 6.35. The van der Waals surface area contributed by atoms with E-state index in [-0.39, 0.29) is 12.1 Å². The van der Waals surface area contributed by atoms with Crippen molar-refractivity contribution in [1.82, 2.24) is 20.4 Å². The largest absolute Gasteiger partial charge is 0.444 e. The first-order valence-corrected chi connectivity index (χ1v) is 8.44. The van der Waals surface area contributed by atoms with Gasteiger partial charge in [-0.3, -0.25) is 10.00 Å². The van der Waals surface area contributed by atoms with E-state index in [1.54, 1.807) is 0 Å². The third-order valence-electron chi connectivity index (χ3n) is 4.35. The van der Waals surface area contributed by atoms with E-state index >= 15 is 0 Å². The number of benzene rings is 1. The van der Waals surface area contributed by atoms with Crippen LogP contribution in [0.5, 0.6) is 0 Å². The van der Waals surface area contributed by atoms with E-state index in [1.165, 1.54) is 5.56 Å². The lowest BCUT2D eigenvalue weighted by atomic mass is 10.1. The number of carbonyl (C=O) groups is 1. The summed E-state index contributed by atoms with van der Waals surface area (Å²) in [4.78, 5) is 14.4. The molecule has 0 saturated carbocycles. The number of rotatable bonds is 3. The Kier molecular flexibility index (Phi) is 4.49. The highest BCUT2D eigenvalue weighted by atomic mass is 16.6. The van der Waals surface area contributed by atoms with Gasteiger partial charge < -0.3 is 10.1 Å². The lowest BCUT2D eigenvalue weighted by Crippen LogP contribution is -2.42. The molecule has 2 atom stereocenters. The third-order valence-corrected chi connectivity index (χ3v) is 4.35. The van der Waals surface area contributed by atoms with Crippen molar-refractivity contribution in [3.05, 3.63) is 30.0 Å². The molecule has 2 aromatic rings. The summed E-state index contributed by atoms with van der Waals surface area (Å²) >= 11 is 0. The van der Waals surface area contributed by atoms with Crippen molar-refractivity contribution in [2.24, 2.45) is 5.92 Å². The normalized spacial score (nSPS) is 22.0. The number of amides is 1. The van der Waals surface area contributed by atoms with E-state index in [2.05, 4.69) is 45.5 Å². The van der Waals surface area contributed by atoms with Gasteiger partial charge in [0.05, 0.1) is 11.7 Å². The first-order valence-electron chi connectivity index (χ1n) is 8.44.